The fourth-order valence-electron chi connectivity index (χ4n) is 7.63. The summed E-state index contributed by atoms with van der Waals surface area (Å²) in [6.07, 6.45) is 9.11. The van der Waals surface area contributed by atoms with Crippen LogP contribution in [0.4, 0.5) is 17.5 Å². The Hall–Kier alpha value is -6.39. The third kappa shape index (κ3) is 36.4. The summed E-state index contributed by atoms with van der Waals surface area (Å²) in [6.45, 7) is 27.5. The van der Waals surface area contributed by atoms with Crippen molar-refractivity contribution in [3.05, 3.63) is 67.3 Å². The number of nitrogens with one attached hydrogen (secondary N) is 2. The van der Waals surface area contributed by atoms with E-state index < -0.39 is 93.7 Å². The molecule has 586 valence electrons. The van der Waals surface area contributed by atoms with Gasteiger partial charge in [0.15, 0.2) is 34.4 Å². The van der Waals surface area contributed by atoms with E-state index >= 15 is 0 Å². The number of halogens is 1. The third-order valence-electron chi connectivity index (χ3n) is 12.8. The summed E-state index contributed by atoms with van der Waals surface area (Å²) < 4.78 is 84.8. The van der Waals surface area contributed by atoms with Crippen molar-refractivity contribution in [2.75, 3.05) is 62.7 Å². The number of carbonyl (C=O) groups is 4. The minimum absolute atomic E-state index is 0. The fraction of sp³-hybridized carbons (Fsp3) is 0.590. The van der Waals surface area contributed by atoms with Crippen molar-refractivity contribution in [1.82, 2.24) is 68.7 Å². The Morgan fingerprint density at radius 3 is 1.19 bits per heavy atom. The van der Waals surface area contributed by atoms with Crippen LogP contribution in [-0.2, 0) is 80.9 Å². The largest absolute Gasteiger partial charge is 0.480 e. The summed E-state index contributed by atoms with van der Waals surface area (Å²) in [5, 5.41) is 21.8. The number of aromatic nitrogens is 12. The number of carbonyl (C=O) groups excluding carboxylic acids is 3. The summed E-state index contributed by atoms with van der Waals surface area (Å²) >= 11 is 5.95. The molecular weight excluding hydrogens is 1680 g/mol. The van der Waals surface area contributed by atoms with Crippen molar-refractivity contribution >= 4 is 117 Å². The first-order chi connectivity index (χ1) is 48.8. The van der Waals surface area contributed by atoms with Gasteiger partial charge in [-0.2, -0.15) is 0 Å². The van der Waals surface area contributed by atoms with E-state index in [0.29, 0.717) is 90.0 Å². The number of aliphatic carboxylic acids is 1. The molecule has 0 aliphatic heterocycles. The number of benzene rings is 1. The van der Waals surface area contributed by atoms with Crippen LogP contribution in [0.15, 0.2) is 62.2 Å². The zero-order chi connectivity index (χ0) is 80.3. The second kappa shape index (κ2) is 46.1. The first kappa shape index (κ1) is 96.6. The molecule has 0 aliphatic rings. The maximum absolute atomic E-state index is 13.9. The Morgan fingerprint density at radius 2 is 0.876 bits per heavy atom. The predicted octanol–water partition coefficient (Wildman–Crippen LogP) is 5.47. The van der Waals surface area contributed by atoms with Crippen LogP contribution in [-0.4, -0.2) is 203 Å². The molecule has 0 spiro atoms. The van der Waals surface area contributed by atoms with E-state index in [2.05, 4.69) is 63.4 Å². The predicted molar refractivity (Wildman–Crippen MR) is 394 cm³/mol. The molecule has 6 heterocycles. The van der Waals surface area contributed by atoms with Crippen LogP contribution in [0.3, 0.4) is 0 Å². The summed E-state index contributed by atoms with van der Waals surface area (Å²) in [5.41, 5.74) is 26.4. The molecule has 0 fully saturated rings. The maximum atomic E-state index is 13.9. The van der Waals surface area contributed by atoms with Gasteiger partial charge in [0.1, 0.15) is 82.5 Å². The number of rotatable bonds is 32. The second-order valence-electron chi connectivity index (χ2n) is 25.2. The molecule has 5 atom stereocenters. The van der Waals surface area contributed by atoms with Gasteiger partial charge in [-0.25, -0.2) is 55.0 Å². The Morgan fingerprint density at radius 1 is 0.552 bits per heavy atom. The average Bonchev–Trinajstić information content (AvgIpc) is 1.64. The second-order valence-corrected chi connectivity index (χ2v) is 31.2. The number of hydrogen-bond donors (Lipinski definition) is 12. The zero-order valence-corrected chi connectivity index (χ0v) is 69.5. The number of nitrogens with two attached hydrogens (primary N) is 5. The number of aliphatic hydroxyl groups is 1. The average molecular weight is 1790 g/mol. The number of nitrogen functional groups attached to an aromatic ring is 3. The molecule has 105 heavy (non-hydrogen) atoms. The Kier molecular flexibility index (Phi) is 42.4. The van der Waals surface area contributed by atoms with Crippen LogP contribution < -0.4 is 43.4 Å². The molecule has 44 heteroatoms. The number of anilines is 3. The van der Waals surface area contributed by atoms with Gasteiger partial charge in [0.05, 0.1) is 76.7 Å². The van der Waals surface area contributed by atoms with Crippen LogP contribution in [0.2, 0.25) is 5.02 Å². The van der Waals surface area contributed by atoms with Crippen molar-refractivity contribution in [1.29, 1.82) is 1.34 Å². The van der Waals surface area contributed by atoms with Crippen molar-refractivity contribution in [2.24, 2.45) is 11.5 Å². The van der Waals surface area contributed by atoms with Crippen molar-refractivity contribution in [3.8, 4) is 5.75 Å². The number of nitrogens with zero attached hydrogens (tertiary/aromatic N) is 12. The standard InChI is InChI=1S/C22H30ClN6O5P.C16H27N6O5P.C9H14N5O4P.C7H15NO2.C4H9NO2.C3H8O.BH.U/c1-5-10-32-21(30)22(3,4)28-35(31,34-17-8-6-16(23)7-9-17)14-33-15(2)11-29-13-27-18-19(24)25-12-26-20(18)29;1-5-6-26-15(23)16(3,4)21-28(24,25)10-27-11(2)7-22-9-20-12-13(17)18-8-19-14(12)22;1-6(18-5-19(15,16)17)2-14-4-13-7-8(10)11-3-12-9(7)14;1-4-5-10-6(9)7(2,3)8;1-4(2,5)3(6)7;1-2-3-4;;/h6-9,12-13,15H,5,10-11,14H2,1-4H3,(H,28,31)(H2,24,25,26);8-9,11H,5-7,10H2,1-4H3,(H2,17,18,19)(H2,21,24,25);3-4,6H,2,5H2,1H3,(H2,10,11,12)(H2,15,16,17);4-5,8H2,1-3H3;5H2,1-2H3,(H,6,7);4H,2-3H2,1H3;1H;/t15-,35?;11-;6-;;;;;/m111...../s1/i;;;;;;1D;. The van der Waals surface area contributed by atoms with Crippen LogP contribution in [0, 0.1) is 31.1 Å². The van der Waals surface area contributed by atoms with Crippen LogP contribution >= 0.6 is 34.2 Å². The normalized spacial score (nSPS) is 13.6. The number of carboxylic acids is 1. The molecule has 0 amide bonds. The molecular formula is C61H104BClN19O19P3U. The number of fused-ring (bicyclic) bond motifs is 3. The van der Waals surface area contributed by atoms with E-state index in [-0.39, 0.29) is 74.1 Å². The van der Waals surface area contributed by atoms with Crippen LogP contribution in [0.25, 0.3) is 33.5 Å². The van der Waals surface area contributed by atoms with E-state index in [4.69, 9.17) is 94.5 Å². The zero-order valence-electron chi connectivity index (χ0n) is 62.9. The van der Waals surface area contributed by atoms with E-state index in [1.165, 1.54) is 53.0 Å². The van der Waals surface area contributed by atoms with Gasteiger partial charge in [-0.3, -0.25) is 32.9 Å². The molecule has 0 bridgehead atoms. The van der Waals surface area contributed by atoms with Crippen LogP contribution in [0.1, 0.15) is 130 Å². The van der Waals surface area contributed by atoms with Crippen molar-refractivity contribution in [2.45, 2.75) is 190 Å². The fourth-order valence-corrected chi connectivity index (χ4v) is 11.7. The summed E-state index contributed by atoms with van der Waals surface area (Å²) in [5.74, 6) is -1.31. The molecule has 7 rings (SSSR count). The number of carboxylic acid groups (broad SMARTS) is 1. The van der Waals surface area contributed by atoms with Gasteiger partial charge in [0.25, 0.3) is 7.52 Å². The van der Waals surface area contributed by atoms with E-state index in [9.17, 15) is 37.8 Å². The molecule has 0 saturated carbocycles. The van der Waals surface area contributed by atoms with Gasteiger partial charge in [-0.15, -0.1) is 0 Å². The maximum Gasteiger partial charge on any atom is 0.350 e. The summed E-state index contributed by atoms with van der Waals surface area (Å²) in [6, 6.07) is 6.40. The third-order valence-corrected chi connectivity index (χ3v) is 16.9. The molecule has 1 aromatic carbocycles. The van der Waals surface area contributed by atoms with Crippen molar-refractivity contribution in [3.63, 3.8) is 0 Å². The Labute approximate surface area is 642 Å². The van der Waals surface area contributed by atoms with Gasteiger partial charge >= 0.3 is 39.0 Å². The minimum Gasteiger partial charge on any atom is -0.480 e. The van der Waals surface area contributed by atoms with Gasteiger partial charge in [-0.05, 0) is 127 Å². The smallest absolute Gasteiger partial charge is 0.350 e. The number of ether oxygens (including phenoxy) is 6. The van der Waals surface area contributed by atoms with Gasteiger partial charge in [-0.1, -0.05) is 39.3 Å². The van der Waals surface area contributed by atoms with Crippen molar-refractivity contribution < 1.29 is 122 Å². The number of aliphatic hydroxyl groups excluding tert-OH is 1. The molecule has 2 radical (unpaired) electrons. The SMILES string of the molecule is CC(C)(N)C(=O)O.CCCO.CCCOC(=O)C(C)(C)N.CCCOC(=O)C(C)(C)NP(=O)(CO[C@H](C)Cn1cnc2c(N)ncnc21)Oc1ccc(Cl)cc1.CCCOC(=O)C(C)(C)NP(=O)(O)CO[C@H](C)Cn1cnc2c(N)ncnc21.C[C@H](Cn1cnc2c(N)ncnc21)OCP(=O)(O)O.[2H][B].[U]. The minimum atomic E-state index is -4.16. The molecule has 0 aliphatic carbocycles. The quantitative estimate of drug-likeness (QED) is 0.0108. The number of imidazole rings is 3. The van der Waals surface area contributed by atoms with E-state index in [0.717, 1.165) is 12.8 Å². The molecule has 6 aromatic heterocycles. The van der Waals surface area contributed by atoms with Gasteiger partial charge < -0.3 is 100 Å². The summed E-state index contributed by atoms with van der Waals surface area (Å²) in [7, 11) is -8.10. The summed E-state index contributed by atoms with van der Waals surface area (Å²) in [4.78, 5) is 110. The topological polar surface area (TPSA) is 570 Å². The molecule has 2 unspecified atom stereocenters. The molecule has 0 saturated heterocycles. The first-order valence-corrected chi connectivity index (χ1v) is 38.1. The van der Waals surface area contributed by atoms with Gasteiger partial charge in [0.2, 0.25) is 0 Å². The molecule has 7 aromatic rings. The van der Waals surface area contributed by atoms with Gasteiger partial charge in [0, 0.05) is 51.1 Å². The number of esters is 3. The van der Waals surface area contributed by atoms with E-state index in [1.807, 2.05) is 34.6 Å². The Bertz CT molecular complexity index is 3940. The first-order valence-electron chi connectivity index (χ1n) is 32.9. The monoisotopic (exact) mass is 1780 g/mol. The van der Waals surface area contributed by atoms with Crippen LogP contribution in [0.5, 0.6) is 5.75 Å². The van der Waals surface area contributed by atoms with E-state index in [1.54, 1.807) is 92.2 Å². The molecule has 17 N–H and O–H groups in total. The molecule has 38 nitrogen and oxygen atoms in total. The number of hydrogen-bond acceptors (Lipinski definition) is 29. The Balaban J connectivity index is 0.00000138.